The van der Waals surface area contributed by atoms with Gasteiger partial charge in [0.25, 0.3) is 17.5 Å². The summed E-state index contributed by atoms with van der Waals surface area (Å²) in [6.07, 6.45) is 1.19. The third-order valence-corrected chi connectivity index (χ3v) is 6.32. The van der Waals surface area contributed by atoms with E-state index in [-0.39, 0.29) is 28.3 Å². The number of anilines is 1. The first-order valence-electron chi connectivity index (χ1n) is 10.6. The zero-order valence-corrected chi connectivity index (χ0v) is 22.4. The van der Waals surface area contributed by atoms with Gasteiger partial charge in [0.2, 0.25) is 0 Å². The predicted molar refractivity (Wildman–Crippen MR) is 142 cm³/mol. The highest BCUT2D eigenvalue weighted by Crippen LogP contribution is 2.36. The molecule has 3 aromatic carbocycles. The number of hydrogen-bond donors (Lipinski definition) is 1. The van der Waals surface area contributed by atoms with Crippen molar-refractivity contribution in [3.05, 3.63) is 96.4 Å². The molecule has 1 fully saturated rings. The average Bonchev–Trinajstić information content (AvgIpc) is 2.88. The van der Waals surface area contributed by atoms with Gasteiger partial charge < -0.3 is 9.47 Å². The zero-order chi connectivity index (χ0) is 27.6. The Bertz CT molecular complexity index is 1520. The van der Waals surface area contributed by atoms with Crippen LogP contribution in [0.15, 0.2) is 75.2 Å². The van der Waals surface area contributed by atoms with Gasteiger partial charge in [0.1, 0.15) is 11.3 Å². The largest absolute Gasteiger partial charge is 0.497 e. The second-order valence-electron chi connectivity index (χ2n) is 7.66. The lowest BCUT2D eigenvalue weighted by molar-refractivity contribution is -0.384. The van der Waals surface area contributed by atoms with E-state index in [0.29, 0.717) is 14.7 Å². The summed E-state index contributed by atoms with van der Waals surface area (Å²) in [5, 5.41) is 13.0. The number of esters is 1. The maximum Gasteiger partial charge on any atom is 0.343 e. The molecule has 1 saturated heterocycles. The summed E-state index contributed by atoms with van der Waals surface area (Å²) in [6, 6.07) is 13.0. The van der Waals surface area contributed by atoms with Gasteiger partial charge in [-0.2, -0.15) is 0 Å². The summed E-state index contributed by atoms with van der Waals surface area (Å²) < 4.78 is 11.5. The Balaban J connectivity index is 1.71. The lowest BCUT2D eigenvalue weighted by atomic mass is 10.1. The number of halogens is 2. The molecule has 0 unspecified atom stereocenters. The number of methoxy groups -OCH3 is 1. The van der Waals surface area contributed by atoms with Crippen LogP contribution < -0.4 is 19.7 Å². The Morgan fingerprint density at radius 1 is 1.03 bits per heavy atom. The van der Waals surface area contributed by atoms with Crippen LogP contribution in [0.25, 0.3) is 6.08 Å². The number of nitrogens with zero attached hydrogens (tertiary/aromatic N) is 2. The van der Waals surface area contributed by atoms with Gasteiger partial charge in [-0.3, -0.25) is 25.0 Å². The number of imide groups is 2. The second-order valence-corrected chi connectivity index (χ2v) is 9.43. The SMILES string of the molecule is COc1ccc(N2C(=O)NC(=O)/C(=C/c3cc(Br)cc(Br)c3OC(=O)c3ccc([N+](=O)[O-])cc3)C2=O)cc1. The molecule has 4 rings (SSSR count). The number of nitro groups is 1. The first-order valence-corrected chi connectivity index (χ1v) is 12.2. The van der Waals surface area contributed by atoms with Gasteiger partial charge in [0, 0.05) is 22.2 Å². The van der Waals surface area contributed by atoms with Crippen molar-refractivity contribution in [2.24, 2.45) is 0 Å². The molecular formula is C25H15Br2N3O8. The van der Waals surface area contributed by atoms with Crippen molar-refractivity contribution in [1.29, 1.82) is 0 Å². The molecule has 1 aliphatic heterocycles. The average molecular weight is 645 g/mol. The van der Waals surface area contributed by atoms with Gasteiger partial charge in [-0.1, -0.05) is 15.9 Å². The smallest absolute Gasteiger partial charge is 0.343 e. The van der Waals surface area contributed by atoms with Crippen molar-refractivity contribution < 1.29 is 33.6 Å². The molecule has 1 aliphatic rings. The number of ether oxygens (including phenoxy) is 2. The zero-order valence-electron chi connectivity index (χ0n) is 19.3. The topological polar surface area (TPSA) is 145 Å². The van der Waals surface area contributed by atoms with Gasteiger partial charge >= 0.3 is 12.0 Å². The number of nitro benzene ring substituents is 1. The van der Waals surface area contributed by atoms with E-state index in [2.05, 4.69) is 37.2 Å². The van der Waals surface area contributed by atoms with E-state index in [1.165, 1.54) is 43.5 Å². The third-order valence-electron chi connectivity index (χ3n) is 5.28. The molecule has 38 heavy (non-hydrogen) atoms. The highest BCUT2D eigenvalue weighted by Gasteiger charge is 2.37. The van der Waals surface area contributed by atoms with Crippen LogP contribution >= 0.6 is 31.9 Å². The van der Waals surface area contributed by atoms with Crippen LogP contribution in [0.3, 0.4) is 0 Å². The molecule has 4 amide bonds. The summed E-state index contributed by atoms with van der Waals surface area (Å²) >= 11 is 6.63. The number of hydrogen-bond acceptors (Lipinski definition) is 8. The lowest BCUT2D eigenvalue weighted by Crippen LogP contribution is -2.54. The number of non-ortho nitro benzene ring substituents is 1. The van der Waals surface area contributed by atoms with Gasteiger partial charge in [0.15, 0.2) is 5.75 Å². The standard InChI is InChI=1S/C25H15Br2N3O8/c1-37-18-8-6-16(7-9-18)29-23(32)19(22(31)28-25(29)34)11-14-10-15(26)12-20(27)21(14)38-24(33)13-2-4-17(5-3-13)30(35)36/h2-12H,1H3,(H,28,31,34)/b19-11-. The maximum absolute atomic E-state index is 13.3. The van der Waals surface area contributed by atoms with Gasteiger partial charge in [-0.25, -0.2) is 14.5 Å². The number of carbonyl (C=O) groups is 4. The quantitative estimate of drug-likeness (QED) is 0.0984. The van der Waals surface area contributed by atoms with Crippen LogP contribution in [0.1, 0.15) is 15.9 Å². The monoisotopic (exact) mass is 643 g/mol. The van der Waals surface area contributed by atoms with E-state index >= 15 is 0 Å². The van der Waals surface area contributed by atoms with Gasteiger partial charge in [-0.05, 0) is 70.5 Å². The molecule has 0 bridgehead atoms. The van der Waals surface area contributed by atoms with Crippen molar-refractivity contribution in [2.75, 3.05) is 12.0 Å². The molecule has 1 heterocycles. The number of benzene rings is 3. The van der Waals surface area contributed by atoms with Crippen molar-refractivity contribution in [1.82, 2.24) is 5.32 Å². The Kier molecular flexibility index (Phi) is 7.69. The van der Waals surface area contributed by atoms with Crippen LogP contribution in [-0.4, -0.2) is 35.8 Å². The Morgan fingerprint density at radius 2 is 1.68 bits per heavy atom. The first-order chi connectivity index (χ1) is 18.1. The summed E-state index contributed by atoms with van der Waals surface area (Å²) in [7, 11) is 1.47. The highest BCUT2D eigenvalue weighted by atomic mass is 79.9. The molecule has 0 aromatic heterocycles. The summed E-state index contributed by atoms with van der Waals surface area (Å²) in [5.41, 5.74) is -0.199. The lowest BCUT2D eigenvalue weighted by Gasteiger charge is -2.26. The molecular weight excluding hydrogens is 630 g/mol. The fourth-order valence-corrected chi connectivity index (χ4v) is 4.78. The van der Waals surface area contributed by atoms with E-state index in [0.717, 1.165) is 17.0 Å². The fraction of sp³-hybridized carbons (Fsp3) is 0.0400. The van der Waals surface area contributed by atoms with Crippen LogP contribution in [-0.2, 0) is 9.59 Å². The van der Waals surface area contributed by atoms with Crippen LogP contribution in [0, 0.1) is 10.1 Å². The summed E-state index contributed by atoms with van der Waals surface area (Å²) in [5.74, 6) is -2.19. The van der Waals surface area contributed by atoms with Crippen LogP contribution in [0.4, 0.5) is 16.2 Å². The normalized spacial score (nSPS) is 14.3. The number of amides is 4. The van der Waals surface area contributed by atoms with Crippen LogP contribution in [0.2, 0.25) is 0 Å². The van der Waals surface area contributed by atoms with Crippen molar-refractivity contribution in [2.45, 2.75) is 0 Å². The van der Waals surface area contributed by atoms with E-state index in [1.54, 1.807) is 18.2 Å². The van der Waals surface area contributed by atoms with E-state index in [9.17, 15) is 29.3 Å². The molecule has 0 aliphatic carbocycles. The number of urea groups is 1. The van der Waals surface area contributed by atoms with E-state index in [4.69, 9.17) is 9.47 Å². The van der Waals surface area contributed by atoms with Crippen molar-refractivity contribution >= 4 is 73.1 Å². The molecule has 0 atom stereocenters. The molecule has 3 aromatic rings. The van der Waals surface area contributed by atoms with Crippen LogP contribution in [0.5, 0.6) is 11.5 Å². The number of nitrogens with one attached hydrogen (secondary N) is 1. The third kappa shape index (κ3) is 5.48. The minimum atomic E-state index is -0.937. The molecule has 11 nitrogen and oxygen atoms in total. The second kappa shape index (κ2) is 10.9. The number of barbiturate groups is 1. The first kappa shape index (κ1) is 26.7. The number of rotatable bonds is 6. The van der Waals surface area contributed by atoms with Crippen molar-refractivity contribution in [3.8, 4) is 11.5 Å². The molecule has 13 heteroatoms. The minimum Gasteiger partial charge on any atom is -0.497 e. The Labute approximate surface area is 231 Å². The van der Waals surface area contributed by atoms with Gasteiger partial charge in [-0.15, -0.1) is 0 Å². The highest BCUT2D eigenvalue weighted by molar-refractivity contribution is 9.11. The predicted octanol–water partition coefficient (Wildman–Crippen LogP) is 5.01. The molecule has 1 N–H and O–H groups in total. The summed E-state index contributed by atoms with van der Waals surface area (Å²) in [4.78, 5) is 62.3. The summed E-state index contributed by atoms with van der Waals surface area (Å²) in [6.45, 7) is 0. The minimum absolute atomic E-state index is 0.0300. The van der Waals surface area contributed by atoms with E-state index < -0.39 is 34.3 Å². The number of carbonyl (C=O) groups excluding carboxylic acids is 4. The van der Waals surface area contributed by atoms with Gasteiger partial charge in [0.05, 0.1) is 27.8 Å². The van der Waals surface area contributed by atoms with Crippen molar-refractivity contribution in [3.63, 3.8) is 0 Å². The Hall–Kier alpha value is -4.36. The molecule has 0 radical (unpaired) electrons. The molecule has 0 spiro atoms. The maximum atomic E-state index is 13.3. The Morgan fingerprint density at radius 3 is 2.29 bits per heavy atom. The fourth-order valence-electron chi connectivity index (χ4n) is 3.44. The van der Waals surface area contributed by atoms with E-state index in [1.807, 2.05) is 0 Å². The molecule has 192 valence electrons. The molecule has 0 saturated carbocycles.